The van der Waals surface area contributed by atoms with Crippen molar-refractivity contribution in [1.82, 2.24) is 15.3 Å². The number of carboxylic acid groups (broad SMARTS) is 1. The van der Waals surface area contributed by atoms with Gasteiger partial charge in [-0.05, 0) is 53.9 Å². The van der Waals surface area contributed by atoms with Gasteiger partial charge < -0.3 is 36.1 Å². The van der Waals surface area contributed by atoms with Crippen LogP contribution < -0.4 is 26.8 Å². The third-order valence-corrected chi connectivity index (χ3v) is 5.02. The second kappa shape index (κ2) is 12.8. The average Bonchev–Trinajstić information content (AvgIpc) is 2.73. The molecule has 2 amide bonds. The monoisotopic (exact) mass is 542 g/mol. The van der Waals surface area contributed by atoms with Gasteiger partial charge in [0.15, 0.2) is 11.5 Å². The summed E-state index contributed by atoms with van der Waals surface area (Å²) in [6.07, 6.45) is -1.82. The molecule has 0 saturated heterocycles. The Labute approximate surface area is 222 Å². The lowest BCUT2D eigenvalue weighted by atomic mass is 10.0. The van der Waals surface area contributed by atoms with Crippen LogP contribution >= 0.6 is 0 Å². The van der Waals surface area contributed by atoms with Gasteiger partial charge in [0.05, 0.1) is 12.1 Å². The first-order chi connectivity index (χ1) is 17.3. The highest BCUT2D eigenvalue weighted by Gasteiger charge is 2.40. The predicted molar refractivity (Wildman–Crippen MR) is 142 cm³/mol. The highest BCUT2D eigenvalue weighted by atomic mass is 16.6. The van der Waals surface area contributed by atoms with Crippen LogP contribution in [0.25, 0.3) is 0 Å². The fourth-order valence-electron chi connectivity index (χ4n) is 3.36. The van der Waals surface area contributed by atoms with Crippen molar-refractivity contribution in [2.75, 3.05) is 22.5 Å². The molecule has 0 fully saturated rings. The molecule has 0 bridgehead atoms. The zero-order valence-electron chi connectivity index (χ0n) is 23.5. The van der Waals surface area contributed by atoms with Crippen molar-refractivity contribution in [1.29, 1.82) is 0 Å². The van der Waals surface area contributed by atoms with Crippen molar-refractivity contribution >= 4 is 35.6 Å². The Hall–Kier alpha value is -3.55. The molecule has 0 aromatic carbocycles. The van der Waals surface area contributed by atoms with Gasteiger partial charge in [-0.15, -0.1) is 0 Å². The summed E-state index contributed by atoms with van der Waals surface area (Å²) in [6, 6.07) is -1.56. The van der Waals surface area contributed by atoms with Crippen LogP contribution in [0.1, 0.15) is 68.7 Å². The number of carbonyl (C=O) groups is 3. The Morgan fingerprint density at radius 1 is 1.16 bits per heavy atom. The summed E-state index contributed by atoms with van der Waals surface area (Å²) < 4.78 is 10.3. The molecule has 1 aromatic rings. The van der Waals surface area contributed by atoms with Gasteiger partial charge in [-0.25, -0.2) is 14.4 Å². The summed E-state index contributed by atoms with van der Waals surface area (Å²) >= 11 is 0. The molecular formula is C24H42N6O8. The van der Waals surface area contributed by atoms with Gasteiger partial charge in [0, 0.05) is 6.54 Å². The Kier molecular flexibility index (Phi) is 10.9. The van der Waals surface area contributed by atoms with Gasteiger partial charge in [-0.1, -0.05) is 20.8 Å². The summed E-state index contributed by atoms with van der Waals surface area (Å²) in [4.78, 5) is 54.5. The first kappa shape index (κ1) is 32.5. The van der Waals surface area contributed by atoms with Gasteiger partial charge in [-0.3, -0.25) is 14.7 Å². The second-order valence-electron chi connectivity index (χ2n) is 11.1. The molecule has 38 heavy (non-hydrogen) atoms. The van der Waals surface area contributed by atoms with Crippen LogP contribution in [-0.4, -0.2) is 74.3 Å². The summed E-state index contributed by atoms with van der Waals surface area (Å²) in [5.41, 5.74) is 3.60. The maximum Gasteiger partial charge on any atom is 0.415 e. The number of carboxylic acids is 1. The number of nitrogens with zero attached hydrogens (tertiary/aromatic N) is 2. The molecule has 0 saturated carbocycles. The smallest absolute Gasteiger partial charge is 0.415 e. The molecule has 7 N–H and O–H groups in total. The number of aromatic amines is 1. The average molecular weight is 543 g/mol. The Morgan fingerprint density at radius 3 is 2.16 bits per heavy atom. The van der Waals surface area contributed by atoms with E-state index in [4.69, 9.17) is 20.3 Å². The van der Waals surface area contributed by atoms with E-state index >= 15 is 0 Å². The molecule has 2 heterocycles. The molecule has 0 radical (unpaired) electrons. The fourth-order valence-corrected chi connectivity index (χ4v) is 3.36. The van der Waals surface area contributed by atoms with E-state index in [1.54, 1.807) is 62.3 Å². The van der Waals surface area contributed by atoms with Crippen LogP contribution in [0.15, 0.2) is 4.79 Å². The van der Waals surface area contributed by atoms with Crippen LogP contribution in [0.4, 0.5) is 27.0 Å². The first-order valence-corrected chi connectivity index (χ1v) is 12.3. The van der Waals surface area contributed by atoms with Gasteiger partial charge in [0.1, 0.15) is 17.2 Å². The lowest BCUT2D eigenvalue weighted by Gasteiger charge is -2.39. The molecule has 1 aromatic heterocycles. The van der Waals surface area contributed by atoms with Gasteiger partial charge >= 0.3 is 18.2 Å². The number of alkyl carbamates (subject to hydrolysis) is 1. The van der Waals surface area contributed by atoms with Crippen LogP contribution in [-0.2, 0) is 14.3 Å². The molecule has 1 aliphatic rings. The number of carbonyl (C=O) groups excluding carboxylic acids is 2. The number of aromatic nitrogens is 2. The van der Waals surface area contributed by atoms with Crippen LogP contribution in [0.2, 0.25) is 0 Å². The molecule has 3 atom stereocenters. The molecular weight excluding hydrogens is 500 g/mol. The van der Waals surface area contributed by atoms with E-state index in [1.807, 2.05) is 0 Å². The van der Waals surface area contributed by atoms with Gasteiger partial charge in [-0.2, -0.15) is 4.98 Å². The minimum Gasteiger partial charge on any atom is -0.480 e. The lowest BCUT2D eigenvalue weighted by Crippen LogP contribution is -2.56. The molecule has 1 aliphatic heterocycles. The zero-order valence-corrected chi connectivity index (χ0v) is 23.5. The zero-order chi connectivity index (χ0) is 29.6. The van der Waals surface area contributed by atoms with E-state index in [2.05, 4.69) is 20.6 Å². The molecule has 0 aliphatic carbocycles. The summed E-state index contributed by atoms with van der Waals surface area (Å²) in [5, 5.41) is 24.3. The highest BCUT2D eigenvalue weighted by molar-refractivity contribution is 5.93. The number of ether oxygens (including phenoxy) is 2. The Bertz CT molecular complexity index is 1040. The van der Waals surface area contributed by atoms with Gasteiger partial charge in [0.2, 0.25) is 5.95 Å². The maximum atomic E-state index is 12.6. The van der Waals surface area contributed by atoms with Crippen molar-refractivity contribution in [3.8, 4) is 0 Å². The van der Waals surface area contributed by atoms with E-state index < -0.39 is 53.1 Å². The number of aliphatic hydroxyl groups is 1. The number of amides is 2. The highest BCUT2D eigenvalue weighted by Crippen LogP contribution is 2.30. The number of fused-ring (bicyclic) bond motifs is 1. The summed E-state index contributed by atoms with van der Waals surface area (Å²) in [7, 11) is 0. The number of hydrogen-bond donors (Lipinski definition) is 6. The normalized spacial score (nSPS) is 16.7. The number of rotatable bonds is 5. The van der Waals surface area contributed by atoms with Crippen molar-refractivity contribution in [2.45, 2.75) is 98.1 Å². The van der Waals surface area contributed by atoms with Crippen LogP contribution in [0.5, 0.6) is 0 Å². The number of nitrogens with two attached hydrogens (primary N) is 1. The number of nitrogens with one attached hydrogen (secondary N) is 3. The lowest BCUT2D eigenvalue weighted by molar-refractivity contribution is -0.140. The van der Waals surface area contributed by atoms with E-state index in [0.29, 0.717) is 6.42 Å². The molecule has 14 nitrogen and oxygen atoms in total. The van der Waals surface area contributed by atoms with Crippen LogP contribution in [0.3, 0.4) is 0 Å². The van der Waals surface area contributed by atoms with E-state index in [9.17, 15) is 24.3 Å². The largest absolute Gasteiger partial charge is 0.480 e. The minimum atomic E-state index is -1.06. The number of aliphatic hydroxyl groups excluding tert-OH is 1. The number of nitrogen functional groups attached to an aromatic ring is 1. The van der Waals surface area contributed by atoms with Crippen molar-refractivity contribution in [3.63, 3.8) is 0 Å². The second-order valence-corrected chi connectivity index (χ2v) is 11.1. The Morgan fingerprint density at radius 2 is 1.71 bits per heavy atom. The van der Waals surface area contributed by atoms with Crippen molar-refractivity contribution in [3.05, 3.63) is 10.4 Å². The van der Waals surface area contributed by atoms with E-state index in [1.165, 1.54) is 0 Å². The maximum absolute atomic E-state index is 12.6. The SMILES string of the molecule is CC(C)C(NC(=O)OC(C)(C)C)C(=O)O.CC[C@H](O)C1CNc2nc(N)[nH]c(=O)c2N1C(=O)OC(C)(C)C. The Balaban J connectivity index is 0.000000420. The first-order valence-electron chi connectivity index (χ1n) is 12.3. The molecule has 2 unspecified atom stereocenters. The topological polar surface area (TPSA) is 209 Å². The number of aliphatic carboxylic acids is 1. The quantitative estimate of drug-likeness (QED) is 0.318. The summed E-state index contributed by atoms with van der Waals surface area (Å²) in [6.45, 7) is 15.8. The molecule has 0 spiro atoms. The number of H-pyrrole nitrogens is 1. The third-order valence-electron chi connectivity index (χ3n) is 5.02. The fraction of sp³-hybridized carbons (Fsp3) is 0.708. The standard InChI is InChI=1S/C14H23N5O4.C10H19NO4/c1-5-8(20)7-6-16-10-9(11(21)18-12(15)17-10)19(7)13(22)23-14(2,3)4;1-6(2)7(8(12)13)11-9(14)15-10(3,4)5/h7-8,20H,5-6H2,1-4H3,(H4,15,16,17,18,21);6-7H,1-5H3,(H,11,14)(H,12,13)/t7?,8-;/m0./s1. The van der Waals surface area contributed by atoms with E-state index in [-0.39, 0.29) is 29.9 Å². The van der Waals surface area contributed by atoms with Crippen LogP contribution in [0, 0.1) is 5.92 Å². The third kappa shape index (κ3) is 9.72. The van der Waals surface area contributed by atoms with Crippen molar-refractivity contribution < 1.29 is 34.1 Å². The number of anilines is 3. The summed E-state index contributed by atoms with van der Waals surface area (Å²) in [5.74, 6) is -1.11. The number of hydrogen-bond acceptors (Lipinski definition) is 10. The molecule has 14 heteroatoms. The molecule has 2 rings (SSSR count). The molecule has 216 valence electrons. The van der Waals surface area contributed by atoms with Crippen molar-refractivity contribution in [2.24, 2.45) is 5.92 Å². The predicted octanol–water partition coefficient (Wildman–Crippen LogP) is 2.28. The minimum absolute atomic E-state index is 0.00259. The van der Waals surface area contributed by atoms with E-state index in [0.717, 1.165) is 4.90 Å². The van der Waals surface area contributed by atoms with Gasteiger partial charge in [0.25, 0.3) is 5.56 Å².